The molecule has 1 amide bonds. The van der Waals surface area contributed by atoms with Crippen molar-refractivity contribution in [3.8, 4) is 11.5 Å². The molecule has 138 valence electrons. The Labute approximate surface area is 159 Å². The van der Waals surface area contributed by atoms with Gasteiger partial charge in [0.25, 0.3) is 5.91 Å². The smallest absolute Gasteiger partial charge is 0.262 e. The Hall–Kier alpha value is -3.27. The zero-order valence-corrected chi connectivity index (χ0v) is 15.4. The van der Waals surface area contributed by atoms with Crippen LogP contribution in [0.2, 0.25) is 0 Å². The van der Waals surface area contributed by atoms with Crippen LogP contribution >= 0.6 is 0 Å². The van der Waals surface area contributed by atoms with Gasteiger partial charge in [-0.2, -0.15) is 0 Å². The second-order valence-electron chi connectivity index (χ2n) is 6.10. The lowest BCUT2D eigenvalue weighted by molar-refractivity contribution is -0.118. The largest absolute Gasteiger partial charge is 0.487 e. The van der Waals surface area contributed by atoms with Gasteiger partial charge in [0.05, 0.1) is 5.69 Å². The molecule has 0 saturated carbocycles. The van der Waals surface area contributed by atoms with E-state index in [1.807, 2.05) is 78.9 Å². The lowest BCUT2D eigenvalue weighted by Gasteiger charge is -2.13. The Morgan fingerprint density at radius 2 is 1.52 bits per heavy atom. The predicted molar refractivity (Wildman–Crippen MR) is 107 cm³/mol. The number of hydrogen-bond donors (Lipinski definition) is 1. The first-order chi connectivity index (χ1) is 13.2. The van der Waals surface area contributed by atoms with E-state index in [1.54, 1.807) is 0 Å². The average Bonchev–Trinajstić information content (AvgIpc) is 2.73. The van der Waals surface area contributed by atoms with Crippen molar-refractivity contribution in [2.45, 2.75) is 20.0 Å². The molecule has 0 saturated heterocycles. The van der Waals surface area contributed by atoms with Crippen LogP contribution in [0, 0.1) is 0 Å². The summed E-state index contributed by atoms with van der Waals surface area (Å²) in [5.41, 5.74) is 2.93. The molecule has 0 aliphatic rings. The van der Waals surface area contributed by atoms with Crippen molar-refractivity contribution in [3.05, 3.63) is 90.0 Å². The molecule has 0 bridgehead atoms. The Kier molecular flexibility index (Phi) is 6.47. The predicted octanol–water partition coefficient (Wildman–Crippen LogP) is 4.85. The highest BCUT2D eigenvalue weighted by molar-refractivity contribution is 5.93. The molecule has 0 heterocycles. The highest BCUT2D eigenvalue weighted by Gasteiger charge is 2.09. The topological polar surface area (TPSA) is 47.6 Å². The molecule has 27 heavy (non-hydrogen) atoms. The van der Waals surface area contributed by atoms with Crippen molar-refractivity contribution in [1.29, 1.82) is 0 Å². The summed E-state index contributed by atoms with van der Waals surface area (Å²) in [5, 5.41) is 2.85. The normalized spacial score (nSPS) is 10.3. The maximum absolute atomic E-state index is 12.2. The fourth-order valence-electron chi connectivity index (χ4n) is 2.59. The van der Waals surface area contributed by atoms with Crippen LogP contribution in [-0.2, 0) is 17.8 Å². The summed E-state index contributed by atoms with van der Waals surface area (Å²) in [6.45, 7) is 2.48. The Bertz CT molecular complexity index is 860. The van der Waals surface area contributed by atoms with Gasteiger partial charge in [-0.3, -0.25) is 4.79 Å². The first kappa shape index (κ1) is 18.5. The van der Waals surface area contributed by atoms with Crippen LogP contribution in [0.3, 0.4) is 0 Å². The maximum atomic E-state index is 12.2. The van der Waals surface area contributed by atoms with Crippen molar-refractivity contribution in [1.82, 2.24) is 0 Å². The van der Waals surface area contributed by atoms with E-state index in [2.05, 4.69) is 12.2 Å². The fourth-order valence-corrected chi connectivity index (χ4v) is 2.59. The number of rotatable bonds is 8. The summed E-state index contributed by atoms with van der Waals surface area (Å²) in [5.74, 6) is 1.07. The van der Waals surface area contributed by atoms with Gasteiger partial charge in [-0.25, -0.2) is 0 Å². The molecule has 3 aromatic rings. The third-order valence-corrected chi connectivity index (χ3v) is 4.10. The molecule has 0 fully saturated rings. The van der Waals surface area contributed by atoms with Gasteiger partial charge in [0.2, 0.25) is 0 Å². The summed E-state index contributed by atoms with van der Waals surface area (Å²) >= 11 is 0. The minimum Gasteiger partial charge on any atom is -0.487 e. The van der Waals surface area contributed by atoms with E-state index >= 15 is 0 Å². The number of ether oxygens (including phenoxy) is 2. The second kappa shape index (κ2) is 9.43. The van der Waals surface area contributed by atoms with Crippen molar-refractivity contribution in [2.24, 2.45) is 0 Å². The number of carbonyl (C=O) groups excluding carboxylic acids is 1. The van der Waals surface area contributed by atoms with Crippen LogP contribution in [0.15, 0.2) is 78.9 Å². The summed E-state index contributed by atoms with van der Waals surface area (Å²) in [6, 6.07) is 25.0. The van der Waals surface area contributed by atoms with Gasteiger partial charge >= 0.3 is 0 Å². The lowest BCUT2D eigenvalue weighted by Crippen LogP contribution is -2.20. The summed E-state index contributed by atoms with van der Waals surface area (Å²) in [6.07, 6.45) is 0.973. The number of aryl methyl sites for hydroxylation is 1. The monoisotopic (exact) mass is 361 g/mol. The van der Waals surface area contributed by atoms with E-state index in [0.717, 1.165) is 12.0 Å². The first-order valence-corrected chi connectivity index (χ1v) is 9.02. The second-order valence-corrected chi connectivity index (χ2v) is 6.10. The van der Waals surface area contributed by atoms with Crippen LogP contribution in [0.1, 0.15) is 18.1 Å². The van der Waals surface area contributed by atoms with Gasteiger partial charge in [0.15, 0.2) is 6.61 Å². The quantitative estimate of drug-likeness (QED) is 0.624. The molecule has 0 aromatic heterocycles. The van der Waals surface area contributed by atoms with Gasteiger partial charge in [0.1, 0.15) is 18.1 Å². The summed E-state index contributed by atoms with van der Waals surface area (Å²) in [4.78, 5) is 12.2. The van der Waals surface area contributed by atoms with Crippen LogP contribution in [-0.4, -0.2) is 12.5 Å². The molecule has 4 heteroatoms. The van der Waals surface area contributed by atoms with Crippen molar-refractivity contribution < 1.29 is 14.3 Å². The molecule has 3 aromatic carbocycles. The standard InChI is InChI=1S/C23H23NO3/c1-2-18-12-14-20(15-13-18)26-17-23(25)24-21-10-6-7-11-22(21)27-16-19-8-4-3-5-9-19/h3-15H,2,16-17H2,1H3,(H,24,25). The molecule has 4 nitrogen and oxygen atoms in total. The SMILES string of the molecule is CCc1ccc(OCC(=O)Nc2ccccc2OCc2ccccc2)cc1. The highest BCUT2D eigenvalue weighted by atomic mass is 16.5. The molecular formula is C23H23NO3. The van der Waals surface area contributed by atoms with E-state index in [-0.39, 0.29) is 12.5 Å². The summed E-state index contributed by atoms with van der Waals surface area (Å²) < 4.78 is 11.4. The number of anilines is 1. The van der Waals surface area contributed by atoms with E-state index in [4.69, 9.17) is 9.47 Å². The average molecular weight is 361 g/mol. The van der Waals surface area contributed by atoms with E-state index in [1.165, 1.54) is 5.56 Å². The first-order valence-electron chi connectivity index (χ1n) is 9.02. The summed E-state index contributed by atoms with van der Waals surface area (Å²) in [7, 11) is 0. The van der Waals surface area contributed by atoms with E-state index in [0.29, 0.717) is 23.8 Å². The molecule has 3 rings (SSSR count). The van der Waals surface area contributed by atoms with Gasteiger partial charge in [0, 0.05) is 0 Å². The number of carbonyl (C=O) groups is 1. The minimum absolute atomic E-state index is 0.0571. The van der Waals surface area contributed by atoms with Crippen LogP contribution < -0.4 is 14.8 Å². The van der Waals surface area contributed by atoms with Crippen molar-refractivity contribution in [3.63, 3.8) is 0 Å². The molecular weight excluding hydrogens is 338 g/mol. The Morgan fingerprint density at radius 3 is 2.26 bits per heavy atom. The number of benzene rings is 3. The minimum atomic E-state index is -0.231. The third kappa shape index (κ3) is 5.61. The molecule has 0 aliphatic carbocycles. The molecule has 0 spiro atoms. The zero-order valence-electron chi connectivity index (χ0n) is 15.4. The van der Waals surface area contributed by atoms with Gasteiger partial charge in [-0.15, -0.1) is 0 Å². The van der Waals surface area contributed by atoms with Gasteiger partial charge in [-0.1, -0.05) is 61.5 Å². The molecule has 0 atom stereocenters. The zero-order chi connectivity index (χ0) is 18.9. The Balaban J connectivity index is 1.55. The molecule has 1 N–H and O–H groups in total. The van der Waals surface area contributed by atoms with E-state index < -0.39 is 0 Å². The molecule has 0 radical (unpaired) electrons. The van der Waals surface area contributed by atoms with Crippen LogP contribution in [0.4, 0.5) is 5.69 Å². The highest BCUT2D eigenvalue weighted by Crippen LogP contribution is 2.24. The third-order valence-electron chi connectivity index (χ3n) is 4.10. The fraction of sp³-hybridized carbons (Fsp3) is 0.174. The maximum Gasteiger partial charge on any atom is 0.262 e. The number of para-hydroxylation sites is 2. The van der Waals surface area contributed by atoms with Crippen molar-refractivity contribution >= 4 is 11.6 Å². The van der Waals surface area contributed by atoms with Crippen LogP contribution in [0.25, 0.3) is 0 Å². The van der Waals surface area contributed by atoms with Gasteiger partial charge < -0.3 is 14.8 Å². The van der Waals surface area contributed by atoms with Crippen LogP contribution in [0.5, 0.6) is 11.5 Å². The number of amides is 1. The van der Waals surface area contributed by atoms with Crippen molar-refractivity contribution in [2.75, 3.05) is 11.9 Å². The molecule has 0 unspecified atom stereocenters. The Morgan fingerprint density at radius 1 is 0.815 bits per heavy atom. The molecule has 0 aliphatic heterocycles. The number of nitrogens with one attached hydrogen (secondary N) is 1. The van der Waals surface area contributed by atoms with E-state index in [9.17, 15) is 4.79 Å². The van der Waals surface area contributed by atoms with Gasteiger partial charge in [-0.05, 0) is 41.8 Å². The number of hydrogen-bond acceptors (Lipinski definition) is 3. The lowest BCUT2D eigenvalue weighted by atomic mass is 10.2.